The lowest BCUT2D eigenvalue weighted by Gasteiger charge is -2.55. The number of allylic oxidation sites excluding steroid dienone is 2. The zero-order valence-electron chi connectivity index (χ0n) is 8.88. The van der Waals surface area contributed by atoms with Crippen LogP contribution in [0, 0.1) is 34.5 Å². The lowest BCUT2D eigenvalue weighted by molar-refractivity contribution is -0.0238. The summed E-state index contributed by atoms with van der Waals surface area (Å²) in [7, 11) is 0. The molecule has 0 atom stereocenters. The quantitative estimate of drug-likeness (QED) is 0.617. The molecule has 0 N–H and O–H groups in total. The Hall–Kier alpha value is -0.480. The first-order valence-electron chi connectivity index (χ1n) is 5.97. The van der Waals surface area contributed by atoms with Crippen LogP contribution >= 0.6 is 11.6 Å². The molecule has 4 fully saturated rings. The Kier molecular flexibility index (Phi) is 2.11. The normalized spacial score (nSPS) is 48.0. The zero-order chi connectivity index (χ0) is 10.5. The Morgan fingerprint density at radius 2 is 1.60 bits per heavy atom. The zero-order valence-corrected chi connectivity index (χ0v) is 9.63. The van der Waals surface area contributed by atoms with Gasteiger partial charge in [-0.15, -0.1) is 0 Å². The highest BCUT2D eigenvalue weighted by molar-refractivity contribution is 6.31. The Labute approximate surface area is 96.1 Å². The van der Waals surface area contributed by atoms with Gasteiger partial charge in [0.05, 0.1) is 0 Å². The van der Waals surface area contributed by atoms with Crippen LogP contribution in [0.3, 0.4) is 0 Å². The van der Waals surface area contributed by atoms with Gasteiger partial charge in [0, 0.05) is 0 Å². The summed E-state index contributed by atoms with van der Waals surface area (Å²) in [5, 5.41) is 9.20. The smallest absolute Gasteiger partial charge is 0.114 e. The van der Waals surface area contributed by atoms with Crippen molar-refractivity contribution in [2.24, 2.45) is 23.2 Å². The molecule has 0 amide bonds. The van der Waals surface area contributed by atoms with Crippen LogP contribution in [-0.2, 0) is 0 Å². The Morgan fingerprint density at radius 3 is 2.00 bits per heavy atom. The minimum atomic E-state index is 0.307. The molecule has 0 aromatic heterocycles. The molecule has 0 aromatic carbocycles. The van der Waals surface area contributed by atoms with Crippen LogP contribution in [-0.4, -0.2) is 0 Å². The molecule has 0 saturated heterocycles. The van der Waals surface area contributed by atoms with Gasteiger partial charge in [-0.3, -0.25) is 0 Å². The first-order valence-corrected chi connectivity index (χ1v) is 6.35. The fraction of sp³-hybridized carbons (Fsp3) is 0.769. The van der Waals surface area contributed by atoms with Crippen LogP contribution in [0.2, 0.25) is 0 Å². The minimum absolute atomic E-state index is 0.307. The molecule has 1 nitrogen and oxygen atoms in total. The maximum atomic E-state index is 8.79. The first-order chi connectivity index (χ1) is 7.19. The van der Waals surface area contributed by atoms with Gasteiger partial charge in [-0.1, -0.05) is 11.6 Å². The third kappa shape index (κ3) is 1.60. The van der Waals surface area contributed by atoms with Crippen molar-refractivity contribution < 1.29 is 0 Å². The predicted octanol–water partition coefficient (Wildman–Crippen LogP) is 3.85. The summed E-state index contributed by atoms with van der Waals surface area (Å²) in [6.45, 7) is 0. The van der Waals surface area contributed by atoms with Gasteiger partial charge in [0.2, 0.25) is 0 Å². The van der Waals surface area contributed by atoms with E-state index in [1.807, 2.05) is 0 Å². The molecule has 0 heterocycles. The topological polar surface area (TPSA) is 23.8 Å². The average Bonchev–Trinajstić information content (AvgIpc) is 2.14. The van der Waals surface area contributed by atoms with Crippen molar-refractivity contribution in [3.05, 3.63) is 11.1 Å². The number of nitrogens with zero attached hydrogens (tertiary/aromatic N) is 1. The van der Waals surface area contributed by atoms with E-state index in [1.165, 1.54) is 38.5 Å². The van der Waals surface area contributed by atoms with E-state index in [2.05, 4.69) is 12.1 Å². The SMILES string of the molecule is N#C/C(Cl)=C/C12CC3CC(CC(C3)C1)C2. The Bertz CT molecular complexity index is 315. The molecule has 80 valence electrons. The van der Waals surface area contributed by atoms with E-state index in [9.17, 15) is 0 Å². The summed E-state index contributed by atoms with van der Waals surface area (Å²) in [5.74, 6) is 2.78. The van der Waals surface area contributed by atoms with Crippen LogP contribution in [0.25, 0.3) is 0 Å². The van der Waals surface area contributed by atoms with Gasteiger partial charge < -0.3 is 0 Å². The average molecular weight is 222 g/mol. The van der Waals surface area contributed by atoms with Crippen LogP contribution < -0.4 is 0 Å². The molecule has 0 aliphatic heterocycles. The van der Waals surface area contributed by atoms with E-state index in [-0.39, 0.29) is 0 Å². The van der Waals surface area contributed by atoms with Crippen molar-refractivity contribution in [1.29, 1.82) is 5.26 Å². The fourth-order valence-corrected chi connectivity index (χ4v) is 4.89. The fourth-order valence-electron chi connectivity index (χ4n) is 4.66. The molecular formula is C13H16ClN. The largest absolute Gasteiger partial charge is 0.191 e. The summed E-state index contributed by atoms with van der Waals surface area (Å²) in [4.78, 5) is 0. The van der Waals surface area contributed by atoms with Crippen LogP contribution in [0.15, 0.2) is 11.1 Å². The van der Waals surface area contributed by atoms with E-state index in [0.29, 0.717) is 10.4 Å². The molecule has 4 aliphatic rings. The number of nitriles is 1. The summed E-state index contributed by atoms with van der Waals surface area (Å²) in [6.07, 6.45) is 10.3. The van der Waals surface area contributed by atoms with Crippen molar-refractivity contribution in [2.45, 2.75) is 38.5 Å². The molecule has 0 aromatic rings. The van der Waals surface area contributed by atoms with Gasteiger partial charge in [0.1, 0.15) is 11.1 Å². The molecule has 0 radical (unpaired) electrons. The van der Waals surface area contributed by atoms with Crippen molar-refractivity contribution in [2.75, 3.05) is 0 Å². The summed E-state index contributed by atoms with van der Waals surface area (Å²) in [5.41, 5.74) is 0.307. The predicted molar refractivity (Wildman–Crippen MR) is 60.2 cm³/mol. The third-order valence-corrected chi connectivity index (χ3v) is 4.82. The summed E-state index contributed by atoms with van der Waals surface area (Å²) in [6, 6.07) is 2.07. The molecule has 4 aliphatic carbocycles. The summed E-state index contributed by atoms with van der Waals surface area (Å²) >= 11 is 5.90. The molecule has 0 unspecified atom stereocenters. The maximum absolute atomic E-state index is 8.79. The molecule has 4 saturated carbocycles. The number of halogens is 1. The molecule has 15 heavy (non-hydrogen) atoms. The number of hydrogen-bond acceptors (Lipinski definition) is 1. The second kappa shape index (κ2) is 3.25. The molecular weight excluding hydrogens is 206 g/mol. The highest BCUT2D eigenvalue weighted by Crippen LogP contribution is 2.60. The van der Waals surface area contributed by atoms with Gasteiger partial charge >= 0.3 is 0 Å². The molecule has 4 rings (SSSR count). The van der Waals surface area contributed by atoms with Crippen molar-refractivity contribution in [3.63, 3.8) is 0 Å². The van der Waals surface area contributed by atoms with Crippen molar-refractivity contribution in [3.8, 4) is 6.07 Å². The van der Waals surface area contributed by atoms with E-state index >= 15 is 0 Å². The van der Waals surface area contributed by atoms with Gasteiger partial charge in [0.15, 0.2) is 0 Å². The van der Waals surface area contributed by atoms with Gasteiger partial charge in [0.25, 0.3) is 0 Å². The molecule has 0 spiro atoms. The van der Waals surface area contributed by atoms with Gasteiger partial charge in [-0.2, -0.15) is 5.26 Å². The third-order valence-electron chi connectivity index (χ3n) is 4.63. The van der Waals surface area contributed by atoms with E-state index in [1.54, 1.807) is 0 Å². The van der Waals surface area contributed by atoms with Gasteiger partial charge in [-0.25, -0.2) is 0 Å². The van der Waals surface area contributed by atoms with Gasteiger partial charge in [-0.05, 0) is 67.8 Å². The second-order valence-corrected chi connectivity index (χ2v) is 6.29. The minimum Gasteiger partial charge on any atom is -0.191 e. The van der Waals surface area contributed by atoms with Crippen LogP contribution in [0.5, 0.6) is 0 Å². The van der Waals surface area contributed by atoms with E-state index in [0.717, 1.165) is 17.8 Å². The Morgan fingerprint density at radius 1 is 1.13 bits per heavy atom. The first kappa shape index (κ1) is 9.73. The molecule has 2 heteroatoms. The standard InChI is InChI=1S/C13H16ClN/c14-12(8-15)7-13-4-9-1-10(5-13)3-11(2-9)6-13/h7,9-11H,1-6H2/b12-7-. The van der Waals surface area contributed by atoms with Crippen molar-refractivity contribution >= 4 is 11.6 Å². The van der Waals surface area contributed by atoms with Crippen molar-refractivity contribution in [1.82, 2.24) is 0 Å². The van der Waals surface area contributed by atoms with E-state index in [4.69, 9.17) is 16.9 Å². The highest BCUT2D eigenvalue weighted by Gasteiger charge is 2.49. The van der Waals surface area contributed by atoms with E-state index < -0.39 is 0 Å². The molecule has 4 bridgehead atoms. The van der Waals surface area contributed by atoms with Crippen LogP contribution in [0.1, 0.15) is 38.5 Å². The Balaban J connectivity index is 1.91. The maximum Gasteiger partial charge on any atom is 0.114 e. The second-order valence-electron chi connectivity index (χ2n) is 5.88. The highest BCUT2D eigenvalue weighted by atomic mass is 35.5. The van der Waals surface area contributed by atoms with Crippen LogP contribution in [0.4, 0.5) is 0 Å². The number of rotatable bonds is 1. The lowest BCUT2D eigenvalue weighted by Crippen LogP contribution is -2.45. The lowest BCUT2D eigenvalue weighted by atomic mass is 9.49. The summed E-state index contributed by atoms with van der Waals surface area (Å²) < 4.78 is 0. The number of hydrogen-bond donors (Lipinski definition) is 0. The monoisotopic (exact) mass is 221 g/mol.